The Morgan fingerprint density at radius 3 is 2.17 bits per heavy atom. The number of nitriles is 1. The molecule has 5 N–H and O–H groups in total. The van der Waals surface area contributed by atoms with E-state index in [1.807, 2.05) is 6.07 Å². The zero-order valence-electron chi connectivity index (χ0n) is 6.50. The highest BCUT2D eigenvalue weighted by Crippen LogP contribution is 2.15. The zero-order valence-corrected chi connectivity index (χ0v) is 6.50. The molecule has 1 rings (SSSR count). The summed E-state index contributed by atoms with van der Waals surface area (Å²) in [7, 11) is 1.64. The Hall–Kier alpha value is -2.03. The van der Waals surface area contributed by atoms with Gasteiger partial charge in [0.2, 0.25) is 5.95 Å². The van der Waals surface area contributed by atoms with E-state index in [9.17, 15) is 0 Å². The maximum atomic E-state index is 8.55. The van der Waals surface area contributed by atoms with Crippen LogP contribution >= 0.6 is 0 Å². The van der Waals surface area contributed by atoms with E-state index >= 15 is 0 Å². The van der Waals surface area contributed by atoms with Gasteiger partial charge in [-0.3, -0.25) is 0 Å². The maximum Gasteiger partial charge on any atom is 0.226 e. The first-order valence-corrected chi connectivity index (χ1v) is 3.20. The molecule has 0 aromatic carbocycles. The third-order valence-corrected chi connectivity index (χ3v) is 1.30. The summed E-state index contributed by atoms with van der Waals surface area (Å²) >= 11 is 0. The van der Waals surface area contributed by atoms with E-state index in [0.29, 0.717) is 5.95 Å². The highest BCUT2D eigenvalue weighted by Gasteiger charge is 2.07. The summed E-state index contributed by atoms with van der Waals surface area (Å²) in [5.41, 5.74) is 10.9. The number of hydrogen-bond donors (Lipinski definition) is 3. The average molecular weight is 164 g/mol. The van der Waals surface area contributed by atoms with Gasteiger partial charge in [0.25, 0.3) is 0 Å². The Bertz CT molecular complexity index is 315. The Morgan fingerprint density at radius 2 is 1.83 bits per heavy atom. The molecule has 1 aromatic heterocycles. The molecule has 0 aliphatic carbocycles. The normalized spacial score (nSPS) is 9.00. The first-order valence-electron chi connectivity index (χ1n) is 3.20. The van der Waals surface area contributed by atoms with Gasteiger partial charge < -0.3 is 16.8 Å². The topological polar surface area (TPSA) is 114 Å². The van der Waals surface area contributed by atoms with Crippen molar-refractivity contribution in [3.8, 4) is 6.07 Å². The second kappa shape index (κ2) is 2.92. The largest absolute Gasteiger partial charge is 0.382 e. The van der Waals surface area contributed by atoms with Crippen molar-refractivity contribution < 1.29 is 0 Å². The fraction of sp³-hybridized carbons (Fsp3) is 0.167. The van der Waals surface area contributed by atoms with Gasteiger partial charge in [-0.15, -0.1) is 0 Å². The molecule has 12 heavy (non-hydrogen) atoms. The molecule has 6 heteroatoms. The van der Waals surface area contributed by atoms with Crippen LogP contribution in [0.1, 0.15) is 5.56 Å². The van der Waals surface area contributed by atoms with Gasteiger partial charge in [-0.1, -0.05) is 0 Å². The van der Waals surface area contributed by atoms with E-state index in [4.69, 9.17) is 16.7 Å². The summed E-state index contributed by atoms with van der Waals surface area (Å²) in [6.07, 6.45) is 0. The van der Waals surface area contributed by atoms with Crippen molar-refractivity contribution in [2.75, 3.05) is 23.8 Å². The molecule has 0 unspecified atom stereocenters. The molecule has 0 fully saturated rings. The molecule has 62 valence electrons. The van der Waals surface area contributed by atoms with E-state index in [-0.39, 0.29) is 17.2 Å². The summed E-state index contributed by atoms with van der Waals surface area (Å²) in [5.74, 6) is 0.493. The molecule has 0 aliphatic heterocycles. The van der Waals surface area contributed by atoms with Gasteiger partial charge in [0, 0.05) is 7.05 Å². The minimum Gasteiger partial charge on any atom is -0.382 e. The summed E-state index contributed by atoms with van der Waals surface area (Å²) < 4.78 is 0. The maximum absolute atomic E-state index is 8.55. The van der Waals surface area contributed by atoms with Crippen molar-refractivity contribution in [3.63, 3.8) is 0 Å². The lowest BCUT2D eigenvalue weighted by Gasteiger charge is -2.02. The number of nitrogens with zero attached hydrogens (tertiary/aromatic N) is 3. The van der Waals surface area contributed by atoms with Gasteiger partial charge in [0.1, 0.15) is 23.3 Å². The zero-order chi connectivity index (χ0) is 9.14. The third-order valence-electron chi connectivity index (χ3n) is 1.30. The van der Waals surface area contributed by atoms with Crippen LogP contribution in [-0.2, 0) is 0 Å². The number of aromatic nitrogens is 2. The van der Waals surface area contributed by atoms with Crippen molar-refractivity contribution in [2.45, 2.75) is 0 Å². The van der Waals surface area contributed by atoms with Crippen LogP contribution in [0, 0.1) is 11.3 Å². The molecule has 1 heterocycles. The molecule has 0 aliphatic rings. The van der Waals surface area contributed by atoms with Gasteiger partial charge >= 0.3 is 0 Å². The summed E-state index contributed by atoms with van der Waals surface area (Å²) in [6, 6.07) is 1.81. The van der Waals surface area contributed by atoms with E-state index in [1.165, 1.54) is 0 Å². The predicted octanol–water partition coefficient (Wildman–Crippen LogP) is -0.446. The molecule has 0 saturated carbocycles. The molecule has 0 atom stereocenters. The highest BCUT2D eigenvalue weighted by atomic mass is 15.1. The lowest BCUT2D eigenvalue weighted by atomic mass is 10.3. The van der Waals surface area contributed by atoms with E-state index < -0.39 is 0 Å². The molecule has 1 aromatic rings. The van der Waals surface area contributed by atoms with Crippen LogP contribution in [0.2, 0.25) is 0 Å². The van der Waals surface area contributed by atoms with Crippen molar-refractivity contribution in [1.82, 2.24) is 9.97 Å². The number of nitrogen functional groups attached to an aromatic ring is 2. The standard InChI is InChI=1S/C6H8N6/c1-10-6-11-4(8)3(2-7)5(9)12-6/h1H3,(H5,8,9,10,11,12). The highest BCUT2D eigenvalue weighted by molar-refractivity contribution is 5.62. The quantitative estimate of drug-likeness (QED) is 0.518. The Morgan fingerprint density at radius 1 is 1.33 bits per heavy atom. The number of anilines is 3. The number of hydrogen-bond acceptors (Lipinski definition) is 6. The van der Waals surface area contributed by atoms with E-state index in [1.54, 1.807) is 7.05 Å². The minimum absolute atomic E-state index is 0.0920. The van der Waals surface area contributed by atoms with Gasteiger partial charge in [0.15, 0.2) is 0 Å². The molecular weight excluding hydrogens is 156 g/mol. The predicted molar refractivity (Wildman–Crippen MR) is 45.1 cm³/mol. The van der Waals surface area contributed by atoms with Crippen LogP contribution in [0.5, 0.6) is 0 Å². The van der Waals surface area contributed by atoms with Gasteiger partial charge in [-0.2, -0.15) is 15.2 Å². The molecule has 0 spiro atoms. The van der Waals surface area contributed by atoms with Gasteiger partial charge in [-0.25, -0.2) is 0 Å². The molecule has 0 bridgehead atoms. The SMILES string of the molecule is CNc1nc(N)c(C#N)c(N)n1. The monoisotopic (exact) mass is 164 g/mol. The van der Waals surface area contributed by atoms with Crippen molar-refractivity contribution in [1.29, 1.82) is 5.26 Å². The average Bonchev–Trinajstić information content (AvgIpc) is 2.03. The van der Waals surface area contributed by atoms with Gasteiger partial charge in [0.05, 0.1) is 0 Å². The molecule has 0 saturated heterocycles. The number of rotatable bonds is 1. The van der Waals surface area contributed by atoms with Crippen molar-refractivity contribution in [3.05, 3.63) is 5.56 Å². The van der Waals surface area contributed by atoms with Crippen LogP contribution in [0.25, 0.3) is 0 Å². The molecule has 0 amide bonds. The lowest BCUT2D eigenvalue weighted by Crippen LogP contribution is -2.06. The van der Waals surface area contributed by atoms with Crippen molar-refractivity contribution in [2.24, 2.45) is 0 Å². The van der Waals surface area contributed by atoms with Crippen LogP contribution in [0.15, 0.2) is 0 Å². The van der Waals surface area contributed by atoms with E-state index in [0.717, 1.165) is 0 Å². The lowest BCUT2D eigenvalue weighted by molar-refractivity contribution is 1.15. The Kier molecular flexibility index (Phi) is 1.96. The minimum atomic E-state index is 0.0920. The second-order valence-corrected chi connectivity index (χ2v) is 2.05. The molecule has 6 nitrogen and oxygen atoms in total. The number of nitrogens with two attached hydrogens (primary N) is 2. The van der Waals surface area contributed by atoms with E-state index in [2.05, 4.69) is 15.3 Å². The van der Waals surface area contributed by atoms with Crippen LogP contribution in [-0.4, -0.2) is 17.0 Å². The first kappa shape index (κ1) is 8.07. The summed E-state index contributed by atoms with van der Waals surface area (Å²) in [6.45, 7) is 0. The van der Waals surface area contributed by atoms with Crippen LogP contribution < -0.4 is 16.8 Å². The van der Waals surface area contributed by atoms with Crippen LogP contribution in [0.3, 0.4) is 0 Å². The third kappa shape index (κ3) is 1.20. The summed E-state index contributed by atoms with van der Waals surface area (Å²) in [5, 5.41) is 11.2. The van der Waals surface area contributed by atoms with Gasteiger partial charge in [-0.05, 0) is 0 Å². The van der Waals surface area contributed by atoms with Crippen molar-refractivity contribution >= 4 is 17.6 Å². The molecule has 0 radical (unpaired) electrons. The second-order valence-electron chi connectivity index (χ2n) is 2.05. The Balaban J connectivity index is 3.30. The fourth-order valence-corrected chi connectivity index (χ4v) is 0.723. The fourth-order valence-electron chi connectivity index (χ4n) is 0.723. The molecular formula is C6H8N6. The number of nitrogens with one attached hydrogen (secondary N) is 1. The smallest absolute Gasteiger partial charge is 0.226 e. The summed E-state index contributed by atoms with van der Waals surface area (Å²) in [4.78, 5) is 7.55. The van der Waals surface area contributed by atoms with Crippen LogP contribution in [0.4, 0.5) is 17.6 Å². The first-order chi connectivity index (χ1) is 5.69. The Labute approximate surface area is 69.2 Å².